The van der Waals surface area contributed by atoms with E-state index in [1.807, 2.05) is 57.3 Å². The van der Waals surface area contributed by atoms with Crippen LogP contribution in [0, 0.1) is 0 Å². The van der Waals surface area contributed by atoms with Crippen molar-refractivity contribution in [2.75, 3.05) is 0 Å². The van der Waals surface area contributed by atoms with Crippen molar-refractivity contribution in [3.63, 3.8) is 0 Å². The Labute approximate surface area is 226 Å². The first kappa shape index (κ1) is 26.3. The highest BCUT2D eigenvalue weighted by Crippen LogP contribution is 2.40. The van der Waals surface area contributed by atoms with Gasteiger partial charge in [-0.1, -0.05) is 18.2 Å². The van der Waals surface area contributed by atoms with Gasteiger partial charge in [-0.05, 0) is 70.2 Å². The number of hydrogen-bond donors (Lipinski definition) is 3. The molecule has 1 saturated carbocycles. The highest BCUT2D eigenvalue weighted by Gasteiger charge is 2.29. The van der Waals surface area contributed by atoms with Crippen LogP contribution in [-0.2, 0) is 10.0 Å². The van der Waals surface area contributed by atoms with E-state index in [2.05, 4.69) is 20.1 Å². The molecule has 3 heterocycles. The number of carbonyl (C=O) groups is 1. The lowest BCUT2D eigenvalue weighted by Crippen LogP contribution is -2.40. The quantitative estimate of drug-likeness (QED) is 0.290. The van der Waals surface area contributed by atoms with Crippen molar-refractivity contribution in [2.45, 2.75) is 68.8 Å². The van der Waals surface area contributed by atoms with Crippen molar-refractivity contribution >= 4 is 33.0 Å². The van der Waals surface area contributed by atoms with Crippen LogP contribution in [-0.4, -0.2) is 45.8 Å². The standard InChI is InChI=1S/C27H31N5O4S2/c1-27(2,3)31-38(35,36)24-14-18(21-15-29-32-13-5-4-6-22(21)32)9-12-20(24)23-16-28-25(37-23)17-7-10-19(11-8-17)30-26(33)34/h4-6,9,12-17,19,30-31H,7-8,10-11H2,1-3H3,(H,33,34). The normalized spacial score (nSPS) is 18.5. The number of pyridine rings is 1. The van der Waals surface area contributed by atoms with Crippen LogP contribution in [0.4, 0.5) is 4.79 Å². The highest BCUT2D eigenvalue weighted by atomic mass is 32.2. The Morgan fingerprint density at radius 1 is 1.08 bits per heavy atom. The molecule has 0 unspecified atom stereocenters. The molecule has 0 saturated heterocycles. The predicted octanol–water partition coefficient (Wildman–Crippen LogP) is 5.50. The van der Waals surface area contributed by atoms with Gasteiger partial charge in [0.2, 0.25) is 10.0 Å². The second kappa shape index (κ2) is 10.1. The maximum Gasteiger partial charge on any atom is 0.404 e. The van der Waals surface area contributed by atoms with Crippen LogP contribution < -0.4 is 10.0 Å². The fourth-order valence-corrected chi connectivity index (χ4v) is 7.85. The molecule has 4 aromatic rings. The van der Waals surface area contributed by atoms with Crippen LogP contribution in [0.5, 0.6) is 0 Å². The number of nitrogens with zero attached hydrogens (tertiary/aromatic N) is 3. The molecule has 5 rings (SSSR count). The smallest absolute Gasteiger partial charge is 0.404 e. The van der Waals surface area contributed by atoms with E-state index in [9.17, 15) is 13.2 Å². The summed E-state index contributed by atoms with van der Waals surface area (Å²) in [7, 11) is -3.86. The molecule has 38 heavy (non-hydrogen) atoms. The highest BCUT2D eigenvalue weighted by molar-refractivity contribution is 7.89. The predicted molar refractivity (Wildman–Crippen MR) is 148 cm³/mol. The molecule has 1 aliphatic carbocycles. The summed E-state index contributed by atoms with van der Waals surface area (Å²) >= 11 is 1.51. The molecule has 3 N–H and O–H groups in total. The third-order valence-electron chi connectivity index (χ3n) is 6.64. The van der Waals surface area contributed by atoms with E-state index in [1.54, 1.807) is 23.0 Å². The van der Waals surface area contributed by atoms with Crippen LogP contribution in [0.15, 0.2) is 59.9 Å². The third-order valence-corrected chi connectivity index (χ3v) is 9.63. The minimum Gasteiger partial charge on any atom is -0.465 e. The number of aromatic nitrogens is 3. The zero-order chi connectivity index (χ0) is 27.1. The van der Waals surface area contributed by atoms with Crippen molar-refractivity contribution in [1.82, 2.24) is 24.6 Å². The number of sulfonamides is 1. The van der Waals surface area contributed by atoms with Crippen LogP contribution in [0.25, 0.3) is 27.1 Å². The summed E-state index contributed by atoms with van der Waals surface area (Å²) in [6.07, 6.45) is 7.56. The number of nitrogens with one attached hydrogen (secondary N) is 2. The zero-order valence-electron chi connectivity index (χ0n) is 21.5. The SMILES string of the molecule is CC(C)(C)NS(=O)(=O)c1cc(-c2cnn3ccccc23)ccc1-c1cnc(C2CCC(NC(=O)O)CC2)s1. The molecule has 1 aromatic carbocycles. The molecule has 1 aliphatic rings. The molecule has 3 aromatic heterocycles. The molecule has 0 atom stereocenters. The van der Waals surface area contributed by atoms with Gasteiger partial charge in [-0.2, -0.15) is 5.10 Å². The first-order valence-corrected chi connectivity index (χ1v) is 14.9. The van der Waals surface area contributed by atoms with Gasteiger partial charge in [0, 0.05) is 41.0 Å². The number of thiazole rings is 1. The molecule has 9 nitrogen and oxygen atoms in total. The molecular weight excluding hydrogens is 522 g/mol. The number of fused-ring (bicyclic) bond motifs is 1. The van der Waals surface area contributed by atoms with Crippen LogP contribution in [0.2, 0.25) is 0 Å². The molecule has 11 heteroatoms. The summed E-state index contributed by atoms with van der Waals surface area (Å²) in [5.41, 5.74) is 2.45. The monoisotopic (exact) mass is 553 g/mol. The molecule has 0 bridgehead atoms. The minimum atomic E-state index is -3.86. The lowest BCUT2D eigenvalue weighted by molar-refractivity contribution is 0.185. The topological polar surface area (TPSA) is 126 Å². The zero-order valence-corrected chi connectivity index (χ0v) is 23.1. The Hall–Kier alpha value is -3.28. The third kappa shape index (κ3) is 5.59. The lowest BCUT2D eigenvalue weighted by Gasteiger charge is -2.27. The van der Waals surface area contributed by atoms with E-state index in [0.717, 1.165) is 52.2 Å². The first-order valence-electron chi connectivity index (χ1n) is 12.6. The van der Waals surface area contributed by atoms with E-state index in [1.165, 1.54) is 11.3 Å². The van der Waals surface area contributed by atoms with Crippen molar-refractivity contribution in [1.29, 1.82) is 0 Å². The largest absolute Gasteiger partial charge is 0.465 e. The van der Waals surface area contributed by atoms with Gasteiger partial charge in [-0.3, -0.25) is 0 Å². The van der Waals surface area contributed by atoms with Crippen molar-refractivity contribution in [3.05, 3.63) is 60.0 Å². The second-order valence-electron chi connectivity index (χ2n) is 10.7. The Morgan fingerprint density at radius 3 is 2.55 bits per heavy atom. The Balaban J connectivity index is 1.51. The van der Waals surface area contributed by atoms with Gasteiger partial charge in [0.25, 0.3) is 0 Å². The van der Waals surface area contributed by atoms with Gasteiger partial charge in [-0.25, -0.2) is 27.4 Å². The van der Waals surface area contributed by atoms with Gasteiger partial charge in [0.15, 0.2) is 0 Å². The van der Waals surface area contributed by atoms with Crippen LogP contribution >= 0.6 is 11.3 Å². The number of rotatable bonds is 6. The number of hydrogen-bond acceptors (Lipinski definition) is 6. The van der Waals surface area contributed by atoms with E-state index in [-0.39, 0.29) is 16.9 Å². The maximum absolute atomic E-state index is 13.7. The van der Waals surface area contributed by atoms with Gasteiger partial charge in [0.1, 0.15) is 0 Å². The van der Waals surface area contributed by atoms with E-state index >= 15 is 0 Å². The molecule has 1 fully saturated rings. The lowest BCUT2D eigenvalue weighted by atomic mass is 9.86. The average Bonchev–Trinajstić information content (AvgIpc) is 3.50. The molecule has 0 aliphatic heterocycles. The Morgan fingerprint density at radius 2 is 1.84 bits per heavy atom. The molecule has 0 spiro atoms. The molecule has 200 valence electrons. The summed E-state index contributed by atoms with van der Waals surface area (Å²) in [6.45, 7) is 5.46. The van der Waals surface area contributed by atoms with Crippen LogP contribution in [0.1, 0.15) is 57.4 Å². The summed E-state index contributed by atoms with van der Waals surface area (Å²) in [5.74, 6) is 0.228. The van der Waals surface area contributed by atoms with Gasteiger partial charge in [0.05, 0.1) is 26.5 Å². The summed E-state index contributed by atoms with van der Waals surface area (Å²) in [5, 5.41) is 16.9. The fourth-order valence-electron chi connectivity index (χ4n) is 4.99. The first-order chi connectivity index (χ1) is 18.0. The fraction of sp³-hybridized carbons (Fsp3) is 0.370. The Kier molecular flexibility index (Phi) is 7.01. The van der Waals surface area contributed by atoms with Crippen LogP contribution in [0.3, 0.4) is 0 Å². The van der Waals surface area contributed by atoms with E-state index < -0.39 is 21.7 Å². The second-order valence-corrected chi connectivity index (χ2v) is 13.4. The number of amides is 1. The summed E-state index contributed by atoms with van der Waals surface area (Å²) < 4.78 is 31.9. The summed E-state index contributed by atoms with van der Waals surface area (Å²) in [4.78, 5) is 16.6. The van der Waals surface area contributed by atoms with Gasteiger partial charge in [-0.15, -0.1) is 11.3 Å². The molecule has 0 radical (unpaired) electrons. The molecular formula is C27H31N5O4S2. The van der Waals surface area contributed by atoms with Crippen molar-refractivity contribution < 1.29 is 18.3 Å². The van der Waals surface area contributed by atoms with E-state index in [4.69, 9.17) is 5.11 Å². The Bertz CT molecular complexity index is 1580. The van der Waals surface area contributed by atoms with E-state index in [0.29, 0.717) is 5.56 Å². The minimum absolute atomic E-state index is 0.0316. The number of carboxylic acid groups (broad SMARTS) is 1. The van der Waals surface area contributed by atoms with Crippen molar-refractivity contribution in [2.24, 2.45) is 0 Å². The van der Waals surface area contributed by atoms with Crippen molar-refractivity contribution in [3.8, 4) is 21.6 Å². The average molecular weight is 554 g/mol. The summed E-state index contributed by atoms with van der Waals surface area (Å²) in [6, 6.07) is 11.2. The number of benzene rings is 1. The molecule has 1 amide bonds. The maximum atomic E-state index is 13.7. The van der Waals surface area contributed by atoms with Gasteiger partial charge < -0.3 is 10.4 Å². The van der Waals surface area contributed by atoms with Gasteiger partial charge >= 0.3 is 6.09 Å².